The fourth-order valence-electron chi connectivity index (χ4n) is 5.73. The highest BCUT2D eigenvalue weighted by Crippen LogP contribution is 2.38. The van der Waals surface area contributed by atoms with Gasteiger partial charge in [-0.15, -0.1) is 0 Å². The normalized spacial score (nSPS) is 14.6. The lowest BCUT2D eigenvalue weighted by Gasteiger charge is -2.30. The molecule has 3 aromatic rings. The van der Waals surface area contributed by atoms with E-state index in [0.717, 1.165) is 24.0 Å². The SMILES string of the molecule is CCC(C)(/C=C/c1ccc(C(C)(CC)C(C#N)C#N)cc1)c1cc(C)c(-c2c(C)c[n+](C)cc2C)c(C)c1. The molecule has 2 aromatic carbocycles. The third-order valence-corrected chi connectivity index (χ3v) is 8.60. The second kappa shape index (κ2) is 11.4. The summed E-state index contributed by atoms with van der Waals surface area (Å²) in [5.41, 5.74) is 10.8. The number of aryl methyl sites for hydroxylation is 5. The molecule has 3 rings (SSSR count). The Balaban J connectivity index is 1.97. The maximum absolute atomic E-state index is 9.49. The first kappa shape index (κ1) is 28.9. The van der Waals surface area contributed by atoms with Crippen LogP contribution < -0.4 is 4.57 Å². The molecule has 2 atom stereocenters. The predicted octanol–water partition coefficient (Wildman–Crippen LogP) is 8.12. The van der Waals surface area contributed by atoms with Gasteiger partial charge in [0.25, 0.3) is 0 Å². The van der Waals surface area contributed by atoms with Crippen LogP contribution in [-0.4, -0.2) is 0 Å². The number of allylic oxidation sites excluding steroid dienone is 1. The van der Waals surface area contributed by atoms with Crippen molar-refractivity contribution in [2.75, 3.05) is 0 Å². The standard InChI is InChI=1S/C35H42N3/c1-10-34(7,17-16-28-12-14-29(15-13-28)35(8,11-2)31(20-36)21-37)30-18-24(3)32(25(4)19-30)33-26(5)22-38(9)23-27(33)6/h12-19,22-23,31H,10-11H2,1-9H3/q+1/b17-16+. The largest absolute Gasteiger partial charge is 0.207 e. The zero-order valence-corrected chi connectivity index (χ0v) is 24.6. The molecular formula is C35H42N3+. The molecule has 38 heavy (non-hydrogen) atoms. The fraction of sp³-hybridized carbons (Fsp3) is 0.400. The van der Waals surface area contributed by atoms with Gasteiger partial charge in [-0.2, -0.15) is 10.5 Å². The van der Waals surface area contributed by atoms with Gasteiger partial charge in [0.05, 0.1) is 12.1 Å². The number of nitriles is 2. The topological polar surface area (TPSA) is 51.5 Å². The summed E-state index contributed by atoms with van der Waals surface area (Å²) in [7, 11) is 2.08. The molecule has 0 amide bonds. The van der Waals surface area contributed by atoms with Crippen LogP contribution in [0.5, 0.6) is 0 Å². The van der Waals surface area contributed by atoms with Gasteiger partial charge in [0.2, 0.25) is 0 Å². The lowest BCUT2D eigenvalue weighted by molar-refractivity contribution is -0.672. The average Bonchev–Trinajstić information content (AvgIpc) is 2.88. The van der Waals surface area contributed by atoms with Crippen LogP contribution in [0.15, 0.2) is 54.9 Å². The van der Waals surface area contributed by atoms with E-state index in [1.807, 2.05) is 13.8 Å². The van der Waals surface area contributed by atoms with E-state index < -0.39 is 11.3 Å². The van der Waals surface area contributed by atoms with Crippen molar-refractivity contribution in [2.24, 2.45) is 13.0 Å². The number of nitrogens with zero attached hydrogens (tertiary/aromatic N) is 3. The Bertz CT molecular complexity index is 1370. The van der Waals surface area contributed by atoms with Crippen LogP contribution in [0, 0.1) is 56.3 Å². The molecule has 0 N–H and O–H groups in total. The van der Waals surface area contributed by atoms with Crippen molar-refractivity contribution in [1.29, 1.82) is 10.5 Å². The molecule has 196 valence electrons. The van der Waals surface area contributed by atoms with Gasteiger partial charge in [-0.3, -0.25) is 0 Å². The highest BCUT2D eigenvalue weighted by molar-refractivity contribution is 5.76. The number of aromatic nitrogens is 1. The minimum Gasteiger partial charge on any atom is -0.207 e. The summed E-state index contributed by atoms with van der Waals surface area (Å²) in [5, 5.41) is 19.0. The van der Waals surface area contributed by atoms with Crippen molar-refractivity contribution in [3.8, 4) is 23.3 Å². The Morgan fingerprint density at radius 3 is 1.74 bits per heavy atom. The molecule has 0 saturated heterocycles. The molecule has 0 aliphatic carbocycles. The third kappa shape index (κ3) is 5.44. The van der Waals surface area contributed by atoms with E-state index in [2.05, 4.69) is 126 Å². The van der Waals surface area contributed by atoms with Crippen LogP contribution >= 0.6 is 0 Å². The average molecular weight is 505 g/mol. The van der Waals surface area contributed by atoms with Gasteiger partial charge in [-0.25, -0.2) is 4.57 Å². The molecule has 0 radical (unpaired) electrons. The van der Waals surface area contributed by atoms with Crippen molar-refractivity contribution in [1.82, 2.24) is 0 Å². The summed E-state index contributed by atoms with van der Waals surface area (Å²) < 4.78 is 2.13. The first-order chi connectivity index (χ1) is 17.9. The van der Waals surface area contributed by atoms with Gasteiger partial charge >= 0.3 is 0 Å². The number of hydrogen-bond acceptors (Lipinski definition) is 2. The van der Waals surface area contributed by atoms with Gasteiger partial charge in [-0.05, 0) is 79.5 Å². The van der Waals surface area contributed by atoms with Crippen molar-refractivity contribution >= 4 is 6.08 Å². The van der Waals surface area contributed by atoms with E-state index in [-0.39, 0.29) is 5.41 Å². The summed E-state index contributed by atoms with van der Waals surface area (Å²) in [5.74, 6) is -0.669. The van der Waals surface area contributed by atoms with Crippen LogP contribution in [0.4, 0.5) is 0 Å². The van der Waals surface area contributed by atoms with Crippen molar-refractivity contribution in [3.63, 3.8) is 0 Å². The van der Waals surface area contributed by atoms with Gasteiger partial charge in [-0.1, -0.05) is 76.2 Å². The van der Waals surface area contributed by atoms with Crippen LogP contribution in [0.1, 0.15) is 79.5 Å². The molecule has 1 heterocycles. The first-order valence-electron chi connectivity index (χ1n) is 13.6. The summed E-state index contributed by atoms with van der Waals surface area (Å²) >= 11 is 0. The van der Waals surface area contributed by atoms with Gasteiger partial charge < -0.3 is 0 Å². The Kier molecular flexibility index (Phi) is 8.64. The van der Waals surface area contributed by atoms with Crippen LogP contribution in [-0.2, 0) is 17.9 Å². The molecule has 0 bridgehead atoms. The lowest BCUT2D eigenvalue weighted by atomic mass is 9.71. The Morgan fingerprint density at radius 2 is 1.29 bits per heavy atom. The quantitative estimate of drug-likeness (QED) is 0.291. The molecule has 3 heteroatoms. The second-order valence-electron chi connectivity index (χ2n) is 11.3. The summed E-state index contributed by atoms with van der Waals surface area (Å²) in [4.78, 5) is 0. The van der Waals surface area contributed by atoms with Crippen LogP contribution in [0.25, 0.3) is 17.2 Å². The van der Waals surface area contributed by atoms with Gasteiger partial charge in [0, 0.05) is 22.0 Å². The van der Waals surface area contributed by atoms with E-state index in [1.165, 1.54) is 38.9 Å². The van der Waals surface area contributed by atoms with E-state index in [1.54, 1.807) is 0 Å². The first-order valence-corrected chi connectivity index (χ1v) is 13.6. The predicted molar refractivity (Wildman–Crippen MR) is 157 cm³/mol. The number of rotatable bonds is 8. The highest BCUT2D eigenvalue weighted by atomic mass is 14.9. The molecular weight excluding hydrogens is 462 g/mol. The minimum atomic E-state index is -0.669. The smallest absolute Gasteiger partial charge is 0.172 e. The second-order valence-corrected chi connectivity index (χ2v) is 11.3. The monoisotopic (exact) mass is 504 g/mol. The number of pyridine rings is 1. The van der Waals surface area contributed by atoms with Crippen LogP contribution in [0.3, 0.4) is 0 Å². The molecule has 0 saturated carbocycles. The molecule has 0 fully saturated rings. The molecule has 2 unspecified atom stereocenters. The number of benzene rings is 2. The van der Waals surface area contributed by atoms with Crippen molar-refractivity contribution in [3.05, 3.63) is 93.8 Å². The Morgan fingerprint density at radius 1 is 0.789 bits per heavy atom. The lowest BCUT2D eigenvalue weighted by Crippen LogP contribution is -2.29. The maximum atomic E-state index is 9.49. The minimum absolute atomic E-state index is 0.107. The van der Waals surface area contributed by atoms with Gasteiger partial charge in [0.15, 0.2) is 12.4 Å². The third-order valence-electron chi connectivity index (χ3n) is 8.60. The highest BCUT2D eigenvalue weighted by Gasteiger charge is 2.34. The molecule has 0 aliphatic heterocycles. The van der Waals surface area contributed by atoms with E-state index in [0.29, 0.717) is 0 Å². The van der Waals surface area contributed by atoms with E-state index in [9.17, 15) is 10.5 Å². The van der Waals surface area contributed by atoms with E-state index in [4.69, 9.17) is 0 Å². The molecule has 3 nitrogen and oxygen atoms in total. The fourth-order valence-corrected chi connectivity index (χ4v) is 5.73. The molecule has 0 aliphatic rings. The zero-order valence-electron chi connectivity index (χ0n) is 24.6. The number of hydrogen-bond donors (Lipinski definition) is 0. The summed E-state index contributed by atoms with van der Waals surface area (Å²) in [6.45, 7) is 17.5. The Hall–Kier alpha value is -3.69. The molecule has 0 spiro atoms. The summed E-state index contributed by atoms with van der Waals surface area (Å²) in [6, 6.07) is 17.4. The van der Waals surface area contributed by atoms with Crippen molar-refractivity contribution < 1.29 is 4.57 Å². The van der Waals surface area contributed by atoms with Crippen LogP contribution in [0.2, 0.25) is 0 Å². The summed E-state index contributed by atoms with van der Waals surface area (Å²) in [6.07, 6.45) is 10.6. The molecule has 1 aromatic heterocycles. The Labute approximate surface area is 230 Å². The van der Waals surface area contributed by atoms with Gasteiger partial charge in [0.1, 0.15) is 13.0 Å². The maximum Gasteiger partial charge on any atom is 0.172 e. The zero-order chi connectivity index (χ0) is 28.3. The van der Waals surface area contributed by atoms with E-state index >= 15 is 0 Å². The van der Waals surface area contributed by atoms with Crippen molar-refractivity contribution in [2.45, 2.75) is 79.1 Å².